The number of nitrogens with zero attached hydrogens (tertiary/aromatic N) is 3. The van der Waals surface area contributed by atoms with Gasteiger partial charge in [-0.25, -0.2) is 0 Å². The number of pyridine rings is 2. The molecule has 3 heterocycles. The van der Waals surface area contributed by atoms with E-state index in [9.17, 15) is 4.79 Å². The Bertz CT molecular complexity index is 911. The van der Waals surface area contributed by atoms with Gasteiger partial charge in [0.15, 0.2) is 0 Å². The van der Waals surface area contributed by atoms with Crippen LogP contribution in [0.3, 0.4) is 0 Å². The summed E-state index contributed by atoms with van der Waals surface area (Å²) < 4.78 is 0. The van der Waals surface area contributed by atoms with E-state index < -0.39 is 0 Å². The van der Waals surface area contributed by atoms with E-state index >= 15 is 0 Å². The van der Waals surface area contributed by atoms with Crippen molar-refractivity contribution in [3.05, 3.63) is 89.5 Å². The standard InChI is InChI=1S/C21H20N4O/c26-21(24-14-16-4-3-9-22-13-16)20-12-19(7-10-23-20)25-11-8-17-5-1-2-6-18(17)15-25/h1-7,9-10,12-13H,8,11,14-15H2,(H,24,26). The molecule has 4 rings (SSSR count). The van der Waals surface area contributed by atoms with Crippen molar-refractivity contribution < 1.29 is 4.79 Å². The van der Waals surface area contributed by atoms with Gasteiger partial charge in [-0.1, -0.05) is 30.3 Å². The van der Waals surface area contributed by atoms with E-state index in [0.29, 0.717) is 12.2 Å². The van der Waals surface area contributed by atoms with Crippen LogP contribution in [0.25, 0.3) is 0 Å². The predicted molar refractivity (Wildman–Crippen MR) is 101 cm³/mol. The third-order valence-corrected chi connectivity index (χ3v) is 4.65. The van der Waals surface area contributed by atoms with Gasteiger partial charge in [-0.05, 0) is 41.3 Å². The second-order valence-electron chi connectivity index (χ2n) is 6.38. The average Bonchev–Trinajstić information content (AvgIpc) is 2.72. The quantitative estimate of drug-likeness (QED) is 0.790. The minimum absolute atomic E-state index is 0.173. The van der Waals surface area contributed by atoms with Crippen LogP contribution < -0.4 is 10.2 Å². The van der Waals surface area contributed by atoms with Crippen LogP contribution >= 0.6 is 0 Å². The lowest BCUT2D eigenvalue weighted by atomic mass is 9.99. The molecule has 1 amide bonds. The van der Waals surface area contributed by atoms with Crippen molar-refractivity contribution in [1.29, 1.82) is 0 Å². The highest BCUT2D eigenvalue weighted by atomic mass is 16.1. The van der Waals surface area contributed by atoms with Crippen molar-refractivity contribution in [1.82, 2.24) is 15.3 Å². The van der Waals surface area contributed by atoms with Gasteiger partial charge in [0, 0.05) is 43.9 Å². The van der Waals surface area contributed by atoms with Crippen molar-refractivity contribution in [2.24, 2.45) is 0 Å². The SMILES string of the molecule is O=C(NCc1cccnc1)c1cc(N2CCc3ccccc3C2)ccn1. The molecule has 1 aromatic carbocycles. The molecule has 1 aliphatic heterocycles. The van der Waals surface area contributed by atoms with Gasteiger partial charge in [-0.2, -0.15) is 0 Å². The molecule has 2 aromatic heterocycles. The Labute approximate surface area is 152 Å². The van der Waals surface area contributed by atoms with Gasteiger partial charge < -0.3 is 10.2 Å². The Balaban J connectivity index is 1.46. The highest BCUT2D eigenvalue weighted by Gasteiger charge is 2.17. The Kier molecular flexibility index (Phi) is 4.60. The number of benzene rings is 1. The molecule has 0 saturated heterocycles. The summed E-state index contributed by atoms with van der Waals surface area (Å²) >= 11 is 0. The Morgan fingerprint density at radius 1 is 1.08 bits per heavy atom. The topological polar surface area (TPSA) is 58.1 Å². The zero-order valence-electron chi connectivity index (χ0n) is 14.4. The van der Waals surface area contributed by atoms with Gasteiger partial charge in [0.2, 0.25) is 0 Å². The van der Waals surface area contributed by atoms with Crippen molar-refractivity contribution in [2.45, 2.75) is 19.5 Å². The van der Waals surface area contributed by atoms with Crippen LogP contribution in [0.2, 0.25) is 0 Å². The largest absolute Gasteiger partial charge is 0.367 e. The van der Waals surface area contributed by atoms with Crippen molar-refractivity contribution in [2.75, 3.05) is 11.4 Å². The van der Waals surface area contributed by atoms with Crippen LogP contribution in [-0.2, 0) is 19.5 Å². The summed E-state index contributed by atoms with van der Waals surface area (Å²) in [6.45, 7) is 2.24. The van der Waals surface area contributed by atoms with Crippen LogP contribution in [0, 0.1) is 0 Å². The molecule has 5 heteroatoms. The molecule has 3 aromatic rings. The zero-order valence-corrected chi connectivity index (χ0v) is 14.4. The first-order valence-electron chi connectivity index (χ1n) is 8.74. The van der Waals surface area contributed by atoms with E-state index in [1.807, 2.05) is 24.3 Å². The summed E-state index contributed by atoms with van der Waals surface area (Å²) in [6.07, 6.45) is 6.18. The second kappa shape index (κ2) is 7.35. The van der Waals surface area contributed by atoms with E-state index in [4.69, 9.17) is 0 Å². The van der Waals surface area contributed by atoms with Gasteiger partial charge in [0.05, 0.1) is 0 Å². The molecule has 0 atom stereocenters. The molecule has 0 aliphatic carbocycles. The molecule has 130 valence electrons. The summed E-state index contributed by atoms with van der Waals surface area (Å²) in [5.74, 6) is -0.173. The van der Waals surface area contributed by atoms with E-state index in [1.165, 1.54) is 11.1 Å². The third kappa shape index (κ3) is 3.57. The number of amides is 1. The lowest BCUT2D eigenvalue weighted by Gasteiger charge is -2.30. The van der Waals surface area contributed by atoms with Crippen molar-refractivity contribution in [3.63, 3.8) is 0 Å². The first kappa shape index (κ1) is 16.3. The maximum atomic E-state index is 12.4. The fourth-order valence-electron chi connectivity index (χ4n) is 3.23. The number of anilines is 1. The summed E-state index contributed by atoms with van der Waals surface area (Å²) in [5, 5.41) is 2.90. The smallest absolute Gasteiger partial charge is 0.270 e. The van der Waals surface area contributed by atoms with E-state index in [1.54, 1.807) is 18.6 Å². The second-order valence-corrected chi connectivity index (χ2v) is 6.38. The summed E-state index contributed by atoms with van der Waals surface area (Å²) in [4.78, 5) is 23.0. The molecule has 5 nitrogen and oxygen atoms in total. The summed E-state index contributed by atoms with van der Waals surface area (Å²) in [6, 6.07) is 16.1. The lowest BCUT2D eigenvalue weighted by Crippen LogP contribution is -2.31. The van der Waals surface area contributed by atoms with Gasteiger partial charge in [0.25, 0.3) is 5.91 Å². The van der Waals surface area contributed by atoms with Gasteiger partial charge in [-0.3, -0.25) is 14.8 Å². The number of nitrogens with one attached hydrogen (secondary N) is 1. The number of fused-ring (bicyclic) bond motifs is 1. The molecule has 0 spiro atoms. The van der Waals surface area contributed by atoms with Gasteiger partial charge in [0.1, 0.15) is 5.69 Å². The highest BCUT2D eigenvalue weighted by Crippen LogP contribution is 2.24. The number of carbonyl (C=O) groups is 1. The highest BCUT2D eigenvalue weighted by molar-refractivity contribution is 5.93. The number of carbonyl (C=O) groups excluding carboxylic acids is 1. The van der Waals surface area contributed by atoms with Crippen molar-refractivity contribution >= 4 is 11.6 Å². The maximum absolute atomic E-state index is 12.4. The molecule has 0 unspecified atom stereocenters. The first-order valence-corrected chi connectivity index (χ1v) is 8.74. The zero-order chi connectivity index (χ0) is 17.8. The monoisotopic (exact) mass is 344 g/mol. The summed E-state index contributed by atoms with van der Waals surface area (Å²) in [7, 11) is 0. The Morgan fingerprint density at radius 2 is 1.96 bits per heavy atom. The lowest BCUT2D eigenvalue weighted by molar-refractivity contribution is 0.0946. The van der Waals surface area contributed by atoms with Crippen LogP contribution in [0.4, 0.5) is 5.69 Å². The molecule has 0 fully saturated rings. The molecule has 26 heavy (non-hydrogen) atoms. The molecule has 0 bridgehead atoms. The van der Waals surface area contributed by atoms with E-state index in [2.05, 4.69) is 44.5 Å². The van der Waals surface area contributed by atoms with E-state index in [0.717, 1.165) is 30.8 Å². The minimum atomic E-state index is -0.173. The molecule has 1 aliphatic rings. The Hall–Kier alpha value is -3.21. The Morgan fingerprint density at radius 3 is 2.81 bits per heavy atom. The first-order chi connectivity index (χ1) is 12.8. The van der Waals surface area contributed by atoms with Gasteiger partial charge in [-0.15, -0.1) is 0 Å². The van der Waals surface area contributed by atoms with E-state index in [-0.39, 0.29) is 5.91 Å². The molecule has 0 saturated carbocycles. The van der Waals surface area contributed by atoms with Gasteiger partial charge >= 0.3 is 0 Å². The third-order valence-electron chi connectivity index (χ3n) is 4.65. The molecular weight excluding hydrogens is 324 g/mol. The van der Waals surface area contributed by atoms with Crippen LogP contribution in [0.15, 0.2) is 67.1 Å². The summed E-state index contributed by atoms with van der Waals surface area (Å²) in [5.41, 5.74) is 5.18. The minimum Gasteiger partial charge on any atom is -0.367 e. The predicted octanol–water partition coefficient (Wildman–Crippen LogP) is 2.97. The van der Waals surface area contributed by atoms with Crippen LogP contribution in [0.1, 0.15) is 27.2 Å². The molecule has 1 N–H and O–H groups in total. The van der Waals surface area contributed by atoms with Crippen molar-refractivity contribution in [3.8, 4) is 0 Å². The number of hydrogen-bond donors (Lipinski definition) is 1. The number of hydrogen-bond acceptors (Lipinski definition) is 4. The molecular formula is C21H20N4O. The number of aromatic nitrogens is 2. The van der Waals surface area contributed by atoms with Crippen LogP contribution in [0.5, 0.6) is 0 Å². The fraction of sp³-hybridized carbons (Fsp3) is 0.190. The maximum Gasteiger partial charge on any atom is 0.270 e. The normalized spacial score (nSPS) is 13.2. The average molecular weight is 344 g/mol. The molecule has 0 radical (unpaired) electrons. The van der Waals surface area contributed by atoms with Crippen LogP contribution in [-0.4, -0.2) is 22.4 Å². The number of rotatable bonds is 4. The fourth-order valence-corrected chi connectivity index (χ4v) is 3.23.